The van der Waals surface area contributed by atoms with Crippen molar-refractivity contribution in [1.82, 2.24) is 0 Å². The Labute approximate surface area is 89.9 Å². The zero-order chi connectivity index (χ0) is 10.1. The lowest BCUT2D eigenvalue weighted by Gasteiger charge is -2.14. The standard InChI is InChI=1S/C12H26S/c1-4-6-9-12(5-2)10-7-8-11(3)13/h11-13H,4-10H2,1-3H3. The molecule has 1 heteroatoms. The van der Waals surface area contributed by atoms with Crippen molar-refractivity contribution in [3.8, 4) is 0 Å². The fraction of sp³-hybridized carbons (Fsp3) is 1.00. The molecule has 0 fully saturated rings. The number of hydrogen-bond acceptors (Lipinski definition) is 1. The van der Waals surface area contributed by atoms with Gasteiger partial charge in [0.25, 0.3) is 0 Å². The summed E-state index contributed by atoms with van der Waals surface area (Å²) in [6.45, 7) is 6.79. The molecule has 0 bridgehead atoms. The van der Waals surface area contributed by atoms with Crippen molar-refractivity contribution >= 4 is 12.6 Å². The molecule has 0 nitrogen and oxygen atoms in total. The molecular weight excluding hydrogens is 176 g/mol. The molecule has 0 radical (unpaired) electrons. The summed E-state index contributed by atoms with van der Waals surface area (Å²) in [5.74, 6) is 0.979. The molecule has 0 aliphatic rings. The summed E-state index contributed by atoms with van der Waals surface area (Å²) in [6.07, 6.45) is 9.63. The Bertz CT molecular complexity index is 99.3. The maximum atomic E-state index is 4.40. The molecule has 2 atom stereocenters. The lowest BCUT2D eigenvalue weighted by Crippen LogP contribution is -2.00. The molecule has 0 aromatic heterocycles. The van der Waals surface area contributed by atoms with Crippen LogP contribution in [0.15, 0.2) is 0 Å². The van der Waals surface area contributed by atoms with E-state index in [2.05, 4.69) is 33.4 Å². The molecule has 0 aromatic rings. The molecule has 0 N–H and O–H groups in total. The van der Waals surface area contributed by atoms with Crippen LogP contribution in [0, 0.1) is 5.92 Å². The second kappa shape index (κ2) is 8.93. The quantitative estimate of drug-likeness (QED) is 0.542. The highest BCUT2D eigenvalue weighted by Gasteiger charge is 2.05. The molecule has 0 spiro atoms. The average molecular weight is 202 g/mol. The lowest BCUT2D eigenvalue weighted by molar-refractivity contribution is 0.405. The normalized spacial score (nSPS) is 15.7. The fourth-order valence-corrected chi connectivity index (χ4v) is 1.93. The van der Waals surface area contributed by atoms with Crippen LogP contribution in [0.2, 0.25) is 0 Å². The fourth-order valence-electron chi connectivity index (χ4n) is 1.75. The van der Waals surface area contributed by atoms with E-state index in [1.165, 1.54) is 44.9 Å². The minimum absolute atomic E-state index is 0.587. The van der Waals surface area contributed by atoms with E-state index in [1.807, 2.05) is 0 Å². The zero-order valence-electron chi connectivity index (χ0n) is 9.55. The average Bonchev–Trinajstić information content (AvgIpc) is 2.10. The highest BCUT2D eigenvalue weighted by atomic mass is 32.1. The highest BCUT2D eigenvalue weighted by Crippen LogP contribution is 2.20. The third-order valence-corrected chi connectivity index (χ3v) is 3.04. The summed E-state index contributed by atoms with van der Waals surface area (Å²) in [7, 11) is 0. The molecule has 0 saturated carbocycles. The van der Waals surface area contributed by atoms with Gasteiger partial charge in [-0.05, 0) is 17.6 Å². The molecule has 80 valence electrons. The van der Waals surface area contributed by atoms with Crippen LogP contribution in [0.3, 0.4) is 0 Å². The molecule has 0 heterocycles. The SMILES string of the molecule is CCCCC(CC)CCCC(C)S. The summed E-state index contributed by atoms with van der Waals surface area (Å²) >= 11 is 4.40. The van der Waals surface area contributed by atoms with Gasteiger partial charge in [0.2, 0.25) is 0 Å². The molecule has 0 aromatic carbocycles. The van der Waals surface area contributed by atoms with Gasteiger partial charge in [0.05, 0.1) is 0 Å². The van der Waals surface area contributed by atoms with Crippen molar-refractivity contribution < 1.29 is 0 Å². The zero-order valence-corrected chi connectivity index (χ0v) is 10.4. The Morgan fingerprint density at radius 3 is 2.08 bits per heavy atom. The van der Waals surface area contributed by atoms with Crippen LogP contribution in [-0.4, -0.2) is 5.25 Å². The number of hydrogen-bond donors (Lipinski definition) is 1. The summed E-state index contributed by atoms with van der Waals surface area (Å²) in [5, 5.41) is 0.587. The van der Waals surface area contributed by atoms with Crippen molar-refractivity contribution in [2.75, 3.05) is 0 Å². The molecular formula is C12H26S. The molecule has 0 aliphatic heterocycles. The smallest absolute Gasteiger partial charge is 0.00116 e. The van der Waals surface area contributed by atoms with Crippen LogP contribution >= 0.6 is 12.6 Å². The maximum absolute atomic E-state index is 4.40. The van der Waals surface area contributed by atoms with Gasteiger partial charge in [-0.3, -0.25) is 0 Å². The molecule has 2 unspecified atom stereocenters. The molecule has 13 heavy (non-hydrogen) atoms. The van der Waals surface area contributed by atoms with E-state index < -0.39 is 0 Å². The molecule has 0 aliphatic carbocycles. The van der Waals surface area contributed by atoms with Crippen LogP contribution < -0.4 is 0 Å². The monoisotopic (exact) mass is 202 g/mol. The van der Waals surface area contributed by atoms with E-state index in [1.54, 1.807) is 0 Å². The first-order valence-corrected chi connectivity index (χ1v) is 6.40. The van der Waals surface area contributed by atoms with E-state index in [4.69, 9.17) is 0 Å². The van der Waals surface area contributed by atoms with Gasteiger partial charge in [0.1, 0.15) is 0 Å². The van der Waals surface area contributed by atoms with Crippen LogP contribution in [-0.2, 0) is 0 Å². The number of unbranched alkanes of at least 4 members (excludes halogenated alkanes) is 1. The van der Waals surface area contributed by atoms with Gasteiger partial charge in [0, 0.05) is 0 Å². The van der Waals surface area contributed by atoms with Crippen LogP contribution in [0.25, 0.3) is 0 Å². The Hall–Kier alpha value is 0.350. The van der Waals surface area contributed by atoms with Crippen molar-refractivity contribution in [2.45, 2.75) is 71.0 Å². The predicted octanol–water partition coefficient (Wildman–Crippen LogP) is 4.69. The van der Waals surface area contributed by atoms with E-state index in [0.29, 0.717) is 5.25 Å². The van der Waals surface area contributed by atoms with Gasteiger partial charge < -0.3 is 0 Å². The summed E-state index contributed by atoms with van der Waals surface area (Å²) < 4.78 is 0. The summed E-state index contributed by atoms with van der Waals surface area (Å²) in [4.78, 5) is 0. The minimum atomic E-state index is 0.587. The van der Waals surface area contributed by atoms with Gasteiger partial charge in [-0.15, -0.1) is 0 Å². The molecule has 0 saturated heterocycles. The third-order valence-electron chi connectivity index (χ3n) is 2.78. The second-order valence-electron chi connectivity index (χ2n) is 4.20. The van der Waals surface area contributed by atoms with E-state index >= 15 is 0 Å². The summed E-state index contributed by atoms with van der Waals surface area (Å²) in [6, 6.07) is 0. The topological polar surface area (TPSA) is 0 Å². The van der Waals surface area contributed by atoms with Crippen molar-refractivity contribution in [3.63, 3.8) is 0 Å². The Balaban J connectivity index is 3.36. The van der Waals surface area contributed by atoms with Crippen molar-refractivity contribution in [3.05, 3.63) is 0 Å². The third kappa shape index (κ3) is 8.67. The molecule has 0 amide bonds. The van der Waals surface area contributed by atoms with Crippen LogP contribution in [0.4, 0.5) is 0 Å². The van der Waals surface area contributed by atoms with Crippen LogP contribution in [0.1, 0.15) is 65.7 Å². The highest BCUT2D eigenvalue weighted by molar-refractivity contribution is 7.80. The van der Waals surface area contributed by atoms with Gasteiger partial charge in [-0.1, -0.05) is 59.3 Å². The second-order valence-corrected chi connectivity index (χ2v) is 5.08. The summed E-state index contributed by atoms with van der Waals surface area (Å²) in [5.41, 5.74) is 0. The minimum Gasteiger partial charge on any atom is -0.176 e. The Kier molecular flexibility index (Phi) is 9.17. The van der Waals surface area contributed by atoms with E-state index in [0.717, 1.165) is 5.92 Å². The lowest BCUT2D eigenvalue weighted by atomic mass is 9.93. The Morgan fingerprint density at radius 1 is 1.00 bits per heavy atom. The van der Waals surface area contributed by atoms with Crippen LogP contribution in [0.5, 0.6) is 0 Å². The molecule has 0 rings (SSSR count). The van der Waals surface area contributed by atoms with E-state index in [-0.39, 0.29) is 0 Å². The van der Waals surface area contributed by atoms with E-state index in [9.17, 15) is 0 Å². The van der Waals surface area contributed by atoms with Crippen molar-refractivity contribution in [1.29, 1.82) is 0 Å². The predicted molar refractivity (Wildman–Crippen MR) is 65.6 cm³/mol. The number of thiol groups is 1. The first-order valence-electron chi connectivity index (χ1n) is 5.88. The maximum Gasteiger partial charge on any atom is -0.00116 e. The number of rotatable bonds is 8. The van der Waals surface area contributed by atoms with Crippen molar-refractivity contribution in [2.24, 2.45) is 5.92 Å². The van der Waals surface area contributed by atoms with Gasteiger partial charge in [-0.2, -0.15) is 12.6 Å². The first kappa shape index (κ1) is 13.4. The Morgan fingerprint density at radius 2 is 1.62 bits per heavy atom. The first-order chi connectivity index (χ1) is 6.20. The van der Waals surface area contributed by atoms with Gasteiger partial charge in [0.15, 0.2) is 0 Å². The van der Waals surface area contributed by atoms with Gasteiger partial charge >= 0.3 is 0 Å². The van der Waals surface area contributed by atoms with Gasteiger partial charge in [-0.25, -0.2) is 0 Å². The largest absolute Gasteiger partial charge is 0.176 e.